The van der Waals surface area contributed by atoms with Crippen molar-refractivity contribution >= 4 is 11.9 Å². The number of nitrogens with one attached hydrogen (secondary N) is 1. The number of rotatable bonds is 8. The van der Waals surface area contributed by atoms with Crippen LogP contribution in [0.25, 0.3) is 0 Å². The highest BCUT2D eigenvalue weighted by molar-refractivity contribution is 5.83. The van der Waals surface area contributed by atoms with Crippen LogP contribution in [0.4, 0.5) is 0 Å². The molecule has 3 N–H and O–H groups in total. The highest BCUT2D eigenvalue weighted by Crippen LogP contribution is 1.97. The number of nitrogens with two attached hydrogens (primary N) is 1. The van der Waals surface area contributed by atoms with Gasteiger partial charge in [0, 0.05) is 38.4 Å². The largest absolute Gasteiger partial charge is 0.370 e. The molecular formula is C16H27N5O. The zero-order chi connectivity index (χ0) is 16.4. The van der Waals surface area contributed by atoms with E-state index in [1.54, 1.807) is 18.1 Å². The zero-order valence-electron chi connectivity index (χ0n) is 13.7. The molecule has 0 atom stereocenters. The molecule has 1 amide bonds. The molecule has 1 aromatic heterocycles. The lowest BCUT2D eigenvalue weighted by molar-refractivity contribution is -0.128. The van der Waals surface area contributed by atoms with Crippen molar-refractivity contribution in [2.24, 2.45) is 16.6 Å². The standard InChI is InChI=1S/C16H27N5O/c1-13(2)7-10-19-16(17)20-12-15(22)21(3)11-8-14-6-4-5-9-18-14/h4-6,9,13H,7-8,10-12H2,1-3H3,(H3,17,19,20). The summed E-state index contributed by atoms with van der Waals surface area (Å²) >= 11 is 0. The van der Waals surface area contributed by atoms with Crippen molar-refractivity contribution in [2.75, 3.05) is 26.7 Å². The van der Waals surface area contributed by atoms with E-state index in [1.165, 1.54) is 0 Å². The molecule has 0 saturated heterocycles. The molecular weight excluding hydrogens is 278 g/mol. The van der Waals surface area contributed by atoms with Gasteiger partial charge in [0.15, 0.2) is 5.96 Å². The Labute approximate surface area is 132 Å². The van der Waals surface area contributed by atoms with Gasteiger partial charge in [0.2, 0.25) is 5.91 Å². The van der Waals surface area contributed by atoms with Gasteiger partial charge in [-0.05, 0) is 24.5 Å². The summed E-state index contributed by atoms with van der Waals surface area (Å²) in [5, 5.41) is 3.01. The fraction of sp³-hybridized carbons (Fsp3) is 0.562. The second-order valence-electron chi connectivity index (χ2n) is 5.70. The summed E-state index contributed by atoms with van der Waals surface area (Å²) in [6.07, 6.45) is 3.51. The molecule has 122 valence electrons. The molecule has 0 aliphatic carbocycles. The molecule has 0 bridgehead atoms. The molecule has 0 spiro atoms. The van der Waals surface area contributed by atoms with E-state index in [0.29, 0.717) is 18.4 Å². The van der Waals surface area contributed by atoms with E-state index in [9.17, 15) is 4.79 Å². The van der Waals surface area contributed by atoms with Gasteiger partial charge in [0.1, 0.15) is 6.54 Å². The number of aliphatic imine (C=N–C) groups is 1. The quantitative estimate of drug-likeness (QED) is 0.555. The third kappa shape index (κ3) is 7.61. The Morgan fingerprint density at radius 1 is 1.45 bits per heavy atom. The Morgan fingerprint density at radius 2 is 2.23 bits per heavy atom. The van der Waals surface area contributed by atoms with Crippen LogP contribution in [0.2, 0.25) is 0 Å². The number of pyridine rings is 1. The second kappa shape index (κ2) is 9.76. The predicted molar refractivity (Wildman–Crippen MR) is 89.5 cm³/mol. The summed E-state index contributed by atoms with van der Waals surface area (Å²) in [7, 11) is 1.77. The number of likely N-dealkylation sites (N-methyl/N-ethyl adjacent to an activating group) is 1. The summed E-state index contributed by atoms with van der Waals surface area (Å²) in [5.41, 5.74) is 6.70. The molecule has 0 unspecified atom stereocenters. The van der Waals surface area contributed by atoms with Crippen molar-refractivity contribution < 1.29 is 4.79 Å². The fourth-order valence-electron chi connectivity index (χ4n) is 1.77. The maximum absolute atomic E-state index is 12.0. The van der Waals surface area contributed by atoms with E-state index in [0.717, 1.165) is 25.1 Å². The van der Waals surface area contributed by atoms with Gasteiger partial charge < -0.3 is 16.0 Å². The van der Waals surface area contributed by atoms with Crippen molar-refractivity contribution in [3.05, 3.63) is 30.1 Å². The Hall–Kier alpha value is -2.11. The maximum Gasteiger partial charge on any atom is 0.244 e. The summed E-state index contributed by atoms with van der Waals surface area (Å²) in [6, 6.07) is 5.77. The van der Waals surface area contributed by atoms with E-state index in [2.05, 4.69) is 29.1 Å². The van der Waals surface area contributed by atoms with Crippen molar-refractivity contribution in [3.63, 3.8) is 0 Å². The molecule has 6 heteroatoms. The molecule has 1 aromatic rings. The molecule has 22 heavy (non-hydrogen) atoms. The third-order valence-corrected chi connectivity index (χ3v) is 3.27. The number of carbonyl (C=O) groups excluding carboxylic acids is 1. The molecule has 0 aliphatic heterocycles. The molecule has 6 nitrogen and oxygen atoms in total. The zero-order valence-corrected chi connectivity index (χ0v) is 13.7. The molecule has 0 radical (unpaired) electrons. The summed E-state index contributed by atoms with van der Waals surface area (Å²) in [4.78, 5) is 21.9. The van der Waals surface area contributed by atoms with E-state index in [-0.39, 0.29) is 12.5 Å². The molecule has 0 fully saturated rings. The summed E-state index contributed by atoms with van der Waals surface area (Å²) < 4.78 is 0. The van der Waals surface area contributed by atoms with Gasteiger partial charge in [-0.1, -0.05) is 19.9 Å². The van der Waals surface area contributed by atoms with Gasteiger partial charge >= 0.3 is 0 Å². The lowest BCUT2D eigenvalue weighted by Crippen LogP contribution is -2.35. The van der Waals surface area contributed by atoms with E-state index in [4.69, 9.17) is 5.73 Å². The highest BCUT2D eigenvalue weighted by Gasteiger charge is 2.08. The van der Waals surface area contributed by atoms with Crippen LogP contribution in [-0.2, 0) is 11.2 Å². The first-order valence-corrected chi connectivity index (χ1v) is 7.66. The van der Waals surface area contributed by atoms with Crippen LogP contribution in [0, 0.1) is 5.92 Å². The first-order valence-electron chi connectivity index (χ1n) is 7.66. The number of carbonyl (C=O) groups is 1. The van der Waals surface area contributed by atoms with Crippen LogP contribution < -0.4 is 11.1 Å². The Kier molecular flexibility index (Phi) is 7.96. The van der Waals surface area contributed by atoms with E-state index >= 15 is 0 Å². The smallest absolute Gasteiger partial charge is 0.244 e. The number of hydrogen-bond acceptors (Lipinski definition) is 3. The maximum atomic E-state index is 12.0. The van der Waals surface area contributed by atoms with Gasteiger partial charge in [-0.2, -0.15) is 0 Å². The molecule has 1 rings (SSSR count). The van der Waals surface area contributed by atoms with Crippen LogP contribution in [0.5, 0.6) is 0 Å². The average Bonchev–Trinajstić information content (AvgIpc) is 2.50. The van der Waals surface area contributed by atoms with E-state index < -0.39 is 0 Å². The number of guanidine groups is 1. The van der Waals surface area contributed by atoms with Gasteiger partial charge in [-0.15, -0.1) is 0 Å². The first kappa shape index (κ1) is 17.9. The van der Waals surface area contributed by atoms with Crippen molar-refractivity contribution in [2.45, 2.75) is 26.7 Å². The van der Waals surface area contributed by atoms with Crippen LogP contribution >= 0.6 is 0 Å². The first-order chi connectivity index (χ1) is 10.5. The van der Waals surface area contributed by atoms with Gasteiger partial charge in [0.05, 0.1) is 0 Å². The van der Waals surface area contributed by atoms with Gasteiger partial charge in [-0.3, -0.25) is 9.78 Å². The minimum atomic E-state index is -0.0514. The van der Waals surface area contributed by atoms with Gasteiger partial charge in [0.25, 0.3) is 0 Å². The average molecular weight is 305 g/mol. The highest BCUT2D eigenvalue weighted by atomic mass is 16.2. The van der Waals surface area contributed by atoms with Gasteiger partial charge in [-0.25, -0.2) is 4.99 Å². The van der Waals surface area contributed by atoms with Crippen molar-refractivity contribution in [3.8, 4) is 0 Å². The second-order valence-corrected chi connectivity index (χ2v) is 5.70. The Morgan fingerprint density at radius 3 is 2.86 bits per heavy atom. The Balaban J connectivity index is 2.28. The van der Waals surface area contributed by atoms with Crippen LogP contribution in [0.3, 0.4) is 0 Å². The lowest BCUT2D eigenvalue weighted by atomic mass is 10.1. The van der Waals surface area contributed by atoms with Crippen molar-refractivity contribution in [1.29, 1.82) is 0 Å². The SMILES string of the molecule is CC(C)CCNC(N)=NCC(=O)N(C)CCc1ccccn1. The van der Waals surface area contributed by atoms with Crippen LogP contribution in [-0.4, -0.2) is 48.4 Å². The van der Waals surface area contributed by atoms with E-state index in [1.807, 2.05) is 18.2 Å². The molecule has 1 heterocycles. The number of amides is 1. The molecule has 0 aliphatic rings. The Bertz CT molecular complexity index is 473. The van der Waals surface area contributed by atoms with Crippen LogP contribution in [0.1, 0.15) is 26.0 Å². The monoisotopic (exact) mass is 305 g/mol. The minimum absolute atomic E-state index is 0.0514. The third-order valence-electron chi connectivity index (χ3n) is 3.27. The predicted octanol–water partition coefficient (Wildman–Crippen LogP) is 1.03. The molecule has 0 aromatic carbocycles. The fourth-order valence-corrected chi connectivity index (χ4v) is 1.77. The number of nitrogens with zero attached hydrogens (tertiary/aromatic N) is 3. The summed E-state index contributed by atoms with van der Waals surface area (Å²) in [5.74, 6) is 0.885. The molecule has 0 saturated carbocycles. The lowest BCUT2D eigenvalue weighted by Gasteiger charge is -2.16. The normalized spacial score (nSPS) is 11.5. The number of hydrogen-bond donors (Lipinski definition) is 2. The minimum Gasteiger partial charge on any atom is -0.370 e. The van der Waals surface area contributed by atoms with Crippen molar-refractivity contribution in [1.82, 2.24) is 15.2 Å². The summed E-state index contributed by atoms with van der Waals surface area (Å²) in [6.45, 7) is 5.76. The topological polar surface area (TPSA) is 83.6 Å². The van der Waals surface area contributed by atoms with Crippen LogP contribution in [0.15, 0.2) is 29.4 Å². The number of aromatic nitrogens is 1.